The number of carbonyl (C=O) groups excluding carboxylic acids is 1. The number of pyridine rings is 1. The van der Waals surface area contributed by atoms with Crippen molar-refractivity contribution in [3.8, 4) is 11.4 Å². The lowest BCUT2D eigenvalue weighted by atomic mass is 9.96. The van der Waals surface area contributed by atoms with E-state index in [4.69, 9.17) is 0 Å². The summed E-state index contributed by atoms with van der Waals surface area (Å²) in [4.78, 5) is 23.1. The summed E-state index contributed by atoms with van der Waals surface area (Å²) in [5, 5.41) is 0. The Morgan fingerprint density at radius 3 is 2.92 bits per heavy atom. The third kappa shape index (κ3) is 3.50. The summed E-state index contributed by atoms with van der Waals surface area (Å²) in [6.45, 7) is 8.69. The first kappa shape index (κ1) is 16.7. The van der Waals surface area contributed by atoms with Crippen molar-refractivity contribution in [2.75, 3.05) is 13.1 Å². The Kier molecular flexibility index (Phi) is 4.97. The quantitative estimate of drug-likeness (QED) is 0.867. The summed E-state index contributed by atoms with van der Waals surface area (Å²) in [5.74, 6) is 1.79. The van der Waals surface area contributed by atoms with Crippen LogP contribution in [0.25, 0.3) is 11.4 Å². The van der Waals surface area contributed by atoms with Crippen molar-refractivity contribution in [2.45, 2.75) is 40.2 Å². The topological polar surface area (TPSA) is 51.0 Å². The van der Waals surface area contributed by atoms with Crippen molar-refractivity contribution in [2.24, 2.45) is 11.8 Å². The highest BCUT2D eigenvalue weighted by atomic mass is 16.2. The number of likely N-dealkylation sites (tertiary alicyclic amines) is 1. The molecule has 128 valence electrons. The summed E-state index contributed by atoms with van der Waals surface area (Å²) in [5.41, 5.74) is 2.19. The molecule has 0 bridgehead atoms. The van der Waals surface area contributed by atoms with Gasteiger partial charge in [0.2, 0.25) is 5.91 Å². The summed E-state index contributed by atoms with van der Waals surface area (Å²) in [6, 6.07) is 3.98. The van der Waals surface area contributed by atoms with E-state index in [-0.39, 0.29) is 11.8 Å². The van der Waals surface area contributed by atoms with Gasteiger partial charge in [-0.25, -0.2) is 4.98 Å². The molecular formula is C19H26N4O. The standard InChI is InChI=1S/C19H26N4O/c1-14(2)19(24)22-9-5-6-16(12-22)13-23-15(3)10-21-18(23)17-7-4-8-20-11-17/h4,7-8,10-11,14,16H,5-6,9,12-13H2,1-3H3. The third-order valence-electron chi connectivity index (χ3n) is 4.74. The number of piperidine rings is 1. The molecule has 1 aliphatic rings. The number of amides is 1. The zero-order valence-corrected chi connectivity index (χ0v) is 14.8. The highest BCUT2D eigenvalue weighted by Gasteiger charge is 2.26. The maximum atomic E-state index is 12.3. The van der Waals surface area contributed by atoms with E-state index in [1.54, 1.807) is 6.20 Å². The number of rotatable bonds is 4. The fourth-order valence-electron chi connectivity index (χ4n) is 3.45. The van der Waals surface area contributed by atoms with Gasteiger partial charge in [0.05, 0.1) is 0 Å². The van der Waals surface area contributed by atoms with Crippen LogP contribution in [0, 0.1) is 18.8 Å². The van der Waals surface area contributed by atoms with Crippen LogP contribution in [0.15, 0.2) is 30.7 Å². The van der Waals surface area contributed by atoms with Gasteiger partial charge in [-0.2, -0.15) is 0 Å². The van der Waals surface area contributed by atoms with Crippen LogP contribution in [0.2, 0.25) is 0 Å². The second-order valence-corrected chi connectivity index (χ2v) is 7.02. The van der Waals surface area contributed by atoms with Crippen molar-refractivity contribution in [1.82, 2.24) is 19.4 Å². The highest BCUT2D eigenvalue weighted by Crippen LogP contribution is 2.24. The summed E-state index contributed by atoms with van der Waals surface area (Å²) in [6.07, 6.45) is 7.79. The van der Waals surface area contributed by atoms with E-state index >= 15 is 0 Å². The van der Waals surface area contributed by atoms with Gasteiger partial charge in [-0.05, 0) is 37.8 Å². The Labute approximate surface area is 143 Å². The van der Waals surface area contributed by atoms with E-state index in [0.717, 1.165) is 49.6 Å². The van der Waals surface area contributed by atoms with E-state index in [2.05, 4.69) is 21.5 Å². The highest BCUT2D eigenvalue weighted by molar-refractivity contribution is 5.78. The van der Waals surface area contributed by atoms with Crippen LogP contribution in [0.5, 0.6) is 0 Å². The summed E-state index contributed by atoms with van der Waals surface area (Å²) >= 11 is 0. The van der Waals surface area contributed by atoms with Crippen molar-refractivity contribution in [1.29, 1.82) is 0 Å². The minimum Gasteiger partial charge on any atom is -0.342 e. The number of imidazole rings is 1. The number of aromatic nitrogens is 3. The molecule has 1 fully saturated rings. The number of hydrogen-bond acceptors (Lipinski definition) is 3. The van der Waals surface area contributed by atoms with Gasteiger partial charge in [-0.1, -0.05) is 13.8 Å². The molecule has 5 nitrogen and oxygen atoms in total. The molecule has 1 atom stereocenters. The van der Waals surface area contributed by atoms with Gasteiger partial charge in [-0.3, -0.25) is 9.78 Å². The molecule has 24 heavy (non-hydrogen) atoms. The van der Waals surface area contributed by atoms with Gasteiger partial charge in [-0.15, -0.1) is 0 Å². The maximum Gasteiger partial charge on any atom is 0.225 e. The maximum absolute atomic E-state index is 12.3. The van der Waals surface area contributed by atoms with E-state index in [1.165, 1.54) is 0 Å². The second kappa shape index (κ2) is 7.16. The molecular weight excluding hydrogens is 300 g/mol. The fourth-order valence-corrected chi connectivity index (χ4v) is 3.45. The number of hydrogen-bond donors (Lipinski definition) is 0. The second-order valence-electron chi connectivity index (χ2n) is 7.02. The lowest BCUT2D eigenvalue weighted by Crippen LogP contribution is -2.43. The average Bonchev–Trinajstić information content (AvgIpc) is 2.96. The SMILES string of the molecule is Cc1cnc(-c2cccnc2)n1CC1CCCN(C(=O)C(C)C)C1. The molecule has 5 heteroatoms. The Morgan fingerprint density at radius 2 is 2.21 bits per heavy atom. The lowest BCUT2D eigenvalue weighted by Gasteiger charge is -2.34. The zero-order chi connectivity index (χ0) is 17.1. The lowest BCUT2D eigenvalue weighted by molar-refractivity contribution is -0.136. The largest absolute Gasteiger partial charge is 0.342 e. The molecule has 2 aromatic rings. The first-order valence-corrected chi connectivity index (χ1v) is 8.77. The monoisotopic (exact) mass is 326 g/mol. The fraction of sp³-hybridized carbons (Fsp3) is 0.526. The Balaban J connectivity index is 1.77. The molecule has 3 heterocycles. The molecule has 3 rings (SSSR count). The molecule has 0 spiro atoms. The van der Waals surface area contributed by atoms with Crippen LogP contribution >= 0.6 is 0 Å². The molecule has 2 aromatic heterocycles. The molecule has 0 aliphatic carbocycles. The van der Waals surface area contributed by atoms with Crippen molar-refractivity contribution in [3.05, 3.63) is 36.4 Å². The molecule has 0 saturated carbocycles. The van der Waals surface area contributed by atoms with Gasteiger partial charge >= 0.3 is 0 Å². The van der Waals surface area contributed by atoms with Crippen LogP contribution in [-0.4, -0.2) is 38.4 Å². The number of carbonyl (C=O) groups is 1. The molecule has 1 amide bonds. The predicted octanol–water partition coefficient (Wildman–Crippen LogP) is 3.15. The minimum absolute atomic E-state index is 0.0738. The van der Waals surface area contributed by atoms with Gasteiger partial charge < -0.3 is 9.47 Å². The van der Waals surface area contributed by atoms with Gasteiger partial charge in [0.15, 0.2) is 0 Å². The number of nitrogens with zero attached hydrogens (tertiary/aromatic N) is 4. The molecule has 0 N–H and O–H groups in total. The summed E-state index contributed by atoms with van der Waals surface area (Å²) < 4.78 is 2.27. The van der Waals surface area contributed by atoms with Crippen LogP contribution < -0.4 is 0 Å². The van der Waals surface area contributed by atoms with Gasteiger partial charge in [0, 0.05) is 55.4 Å². The van der Waals surface area contributed by atoms with Gasteiger partial charge in [0.1, 0.15) is 5.82 Å². The molecule has 1 aliphatic heterocycles. The van der Waals surface area contributed by atoms with Crippen LogP contribution in [0.4, 0.5) is 0 Å². The van der Waals surface area contributed by atoms with Crippen LogP contribution in [0.1, 0.15) is 32.4 Å². The molecule has 1 saturated heterocycles. The van der Waals surface area contributed by atoms with Crippen LogP contribution in [-0.2, 0) is 11.3 Å². The van der Waals surface area contributed by atoms with E-state index in [9.17, 15) is 4.79 Å². The van der Waals surface area contributed by atoms with E-state index in [1.807, 2.05) is 43.3 Å². The van der Waals surface area contributed by atoms with E-state index < -0.39 is 0 Å². The van der Waals surface area contributed by atoms with Crippen molar-refractivity contribution >= 4 is 5.91 Å². The average molecular weight is 326 g/mol. The van der Waals surface area contributed by atoms with Crippen LogP contribution in [0.3, 0.4) is 0 Å². The van der Waals surface area contributed by atoms with Crippen molar-refractivity contribution in [3.63, 3.8) is 0 Å². The zero-order valence-electron chi connectivity index (χ0n) is 14.8. The molecule has 0 radical (unpaired) electrons. The normalized spacial score (nSPS) is 18.2. The Morgan fingerprint density at radius 1 is 1.38 bits per heavy atom. The first-order chi connectivity index (χ1) is 11.6. The van der Waals surface area contributed by atoms with Gasteiger partial charge in [0.25, 0.3) is 0 Å². The third-order valence-corrected chi connectivity index (χ3v) is 4.74. The number of aryl methyl sites for hydroxylation is 1. The van der Waals surface area contributed by atoms with Crippen molar-refractivity contribution < 1.29 is 4.79 Å². The smallest absolute Gasteiger partial charge is 0.225 e. The summed E-state index contributed by atoms with van der Waals surface area (Å²) in [7, 11) is 0. The minimum atomic E-state index is 0.0738. The Bertz CT molecular complexity index is 693. The first-order valence-electron chi connectivity index (χ1n) is 8.77. The van der Waals surface area contributed by atoms with E-state index in [0.29, 0.717) is 5.92 Å². The predicted molar refractivity (Wildman–Crippen MR) is 94.3 cm³/mol. The Hall–Kier alpha value is -2.17. The molecule has 0 aromatic carbocycles. The molecule has 1 unspecified atom stereocenters.